The molecule has 1 aromatic rings. The largest absolute Gasteiger partial charge is 0.323 e. The fourth-order valence-electron chi connectivity index (χ4n) is 2.37. The highest BCUT2D eigenvalue weighted by molar-refractivity contribution is 6.29. The number of halogens is 1. The Hall–Kier alpha value is -1.60. The zero-order chi connectivity index (χ0) is 13.8. The van der Waals surface area contributed by atoms with Crippen molar-refractivity contribution in [2.75, 3.05) is 6.54 Å². The average Bonchev–Trinajstić information content (AvgIpc) is 2.85. The van der Waals surface area contributed by atoms with Gasteiger partial charge < -0.3 is 4.90 Å². The Balaban J connectivity index is 2.26. The Bertz CT molecular complexity index is 524. The fourth-order valence-corrected chi connectivity index (χ4v) is 2.59. The minimum Gasteiger partial charge on any atom is -0.323 e. The molecule has 1 saturated heterocycles. The van der Waals surface area contributed by atoms with Gasteiger partial charge in [-0.1, -0.05) is 24.9 Å². The highest BCUT2D eigenvalue weighted by atomic mass is 35.5. The number of aryl methyl sites for hydroxylation is 1. The maximum Gasteiger partial charge on any atom is 0.255 e. The van der Waals surface area contributed by atoms with E-state index in [0.29, 0.717) is 17.3 Å². The predicted molar refractivity (Wildman–Crippen MR) is 72.9 cm³/mol. The summed E-state index contributed by atoms with van der Waals surface area (Å²) in [6.07, 6.45) is 3.38. The number of pyridine rings is 1. The number of carbonyl (C=O) groups is 1. The summed E-state index contributed by atoms with van der Waals surface area (Å²) in [4.78, 5) is 18.2. The summed E-state index contributed by atoms with van der Waals surface area (Å²) in [5.74, 6) is -0.120. The van der Waals surface area contributed by atoms with Crippen molar-refractivity contribution in [2.45, 2.75) is 38.6 Å². The Labute approximate surface area is 118 Å². The summed E-state index contributed by atoms with van der Waals surface area (Å²) in [5, 5.41) is 9.38. The molecule has 19 heavy (non-hydrogen) atoms. The van der Waals surface area contributed by atoms with Crippen LogP contribution in [0.5, 0.6) is 0 Å². The molecule has 1 unspecified atom stereocenters. The van der Waals surface area contributed by atoms with E-state index in [-0.39, 0.29) is 11.9 Å². The zero-order valence-corrected chi connectivity index (χ0v) is 11.7. The van der Waals surface area contributed by atoms with E-state index in [0.717, 1.165) is 31.4 Å². The summed E-state index contributed by atoms with van der Waals surface area (Å²) in [7, 11) is 0. The van der Waals surface area contributed by atoms with E-state index in [4.69, 9.17) is 16.9 Å². The molecule has 1 atom stereocenters. The van der Waals surface area contributed by atoms with Gasteiger partial charge in [-0.3, -0.25) is 4.79 Å². The first-order valence-electron chi connectivity index (χ1n) is 6.52. The molecule has 0 bridgehead atoms. The lowest BCUT2D eigenvalue weighted by atomic mass is 10.1. The smallest absolute Gasteiger partial charge is 0.255 e. The topological polar surface area (TPSA) is 57.0 Å². The van der Waals surface area contributed by atoms with Gasteiger partial charge in [0.15, 0.2) is 0 Å². The van der Waals surface area contributed by atoms with Gasteiger partial charge in [0.05, 0.1) is 6.07 Å². The van der Waals surface area contributed by atoms with Gasteiger partial charge in [-0.15, -0.1) is 0 Å². The van der Waals surface area contributed by atoms with Crippen molar-refractivity contribution in [3.05, 3.63) is 28.5 Å². The molecule has 2 rings (SSSR count). The first kappa shape index (κ1) is 13.8. The third kappa shape index (κ3) is 3.05. The van der Waals surface area contributed by atoms with Crippen LogP contribution < -0.4 is 0 Å². The van der Waals surface area contributed by atoms with Crippen LogP contribution in [0.15, 0.2) is 12.1 Å². The van der Waals surface area contributed by atoms with Crippen molar-refractivity contribution in [3.8, 4) is 6.07 Å². The molecule has 1 amide bonds. The van der Waals surface area contributed by atoms with E-state index < -0.39 is 0 Å². The van der Waals surface area contributed by atoms with Gasteiger partial charge in [0, 0.05) is 17.8 Å². The number of nitriles is 1. The molecule has 0 spiro atoms. The van der Waals surface area contributed by atoms with Crippen LogP contribution in [-0.4, -0.2) is 28.4 Å². The molecule has 0 aromatic carbocycles. The molecule has 0 N–H and O–H groups in total. The minimum atomic E-state index is -0.311. The van der Waals surface area contributed by atoms with Crippen molar-refractivity contribution in [2.24, 2.45) is 0 Å². The van der Waals surface area contributed by atoms with Gasteiger partial charge in [0.25, 0.3) is 5.91 Å². The first-order chi connectivity index (χ1) is 9.15. The average molecular weight is 278 g/mol. The Morgan fingerprint density at radius 2 is 2.42 bits per heavy atom. The highest BCUT2D eigenvalue weighted by Gasteiger charge is 2.29. The SMILES string of the molecule is CCCc1cc(C(=O)N2CCCC2C#N)cc(Cl)n1. The summed E-state index contributed by atoms with van der Waals surface area (Å²) in [5.41, 5.74) is 1.36. The molecule has 0 radical (unpaired) electrons. The van der Waals surface area contributed by atoms with E-state index in [1.807, 2.05) is 0 Å². The number of aromatic nitrogens is 1. The van der Waals surface area contributed by atoms with Crippen LogP contribution in [0.25, 0.3) is 0 Å². The number of nitrogens with zero attached hydrogens (tertiary/aromatic N) is 3. The van der Waals surface area contributed by atoms with E-state index >= 15 is 0 Å². The lowest BCUT2D eigenvalue weighted by molar-refractivity contribution is 0.0764. The molecular formula is C14H16ClN3O. The van der Waals surface area contributed by atoms with Crippen molar-refractivity contribution >= 4 is 17.5 Å². The van der Waals surface area contributed by atoms with Crippen LogP contribution in [0, 0.1) is 11.3 Å². The first-order valence-corrected chi connectivity index (χ1v) is 6.90. The minimum absolute atomic E-state index is 0.120. The predicted octanol–water partition coefficient (Wildman–Crippen LogP) is 2.82. The van der Waals surface area contributed by atoms with E-state index in [1.165, 1.54) is 0 Å². The van der Waals surface area contributed by atoms with Crippen molar-refractivity contribution in [1.82, 2.24) is 9.88 Å². The normalized spacial score (nSPS) is 18.4. The number of rotatable bonds is 3. The Kier molecular flexibility index (Phi) is 4.39. The van der Waals surface area contributed by atoms with Crippen LogP contribution in [0.1, 0.15) is 42.2 Å². The molecule has 1 aliphatic heterocycles. The van der Waals surface area contributed by atoms with Crippen molar-refractivity contribution < 1.29 is 4.79 Å². The van der Waals surface area contributed by atoms with E-state index in [1.54, 1.807) is 17.0 Å². The molecule has 0 saturated carbocycles. The van der Waals surface area contributed by atoms with Gasteiger partial charge in [0.2, 0.25) is 0 Å². The molecule has 1 aromatic heterocycles. The monoisotopic (exact) mass is 277 g/mol. The molecule has 5 heteroatoms. The lowest BCUT2D eigenvalue weighted by Gasteiger charge is -2.19. The van der Waals surface area contributed by atoms with Gasteiger partial charge in [-0.25, -0.2) is 4.98 Å². The second-order valence-electron chi connectivity index (χ2n) is 4.71. The van der Waals surface area contributed by atoms with Crippen LogP contribution in [0.2, 0.25) is 5.15 Å². The van der Waals surface area contributed by atoms with Crippen LogP contribution in [0.4, 0.5) is 0 Å². The summed E-state index contributed by atoms with van der Waals surface area (Å²) in [6.45, 7) is 2.69. The van der Waals surface area contributed by atoms with E-state index in [2.05, 4.69) is 18.0 Å². The Morgan fingerprint density at radius 1 is 1.63 bits per heavy atom. The maximum absolute atomic E-state index is 12.4. The number of hydrogen-bond donors (Lipinski definition) is 0. The van der Waals surface area contributed by atoms with Gasteiger partial charge in [-0.05, 0) is 31.4 Å². The van der Waals surface area contributed by atoms with Gasteiger partial charge >= 0.3 is 0 Å². The lowest BCUT2D eigenvalue weighted by Crippen LogP contribution is -2.34. The third-order valence-corrected chi connectivity index (χ3v) is 3.46. The number of carbonyl (C=O) groups excluding carboxylic acids is 1. The summed E-state index contributed by atoms with van der Waals surface area (Å²) >= 11 is 5.96. The van der Waals surface area contributed by atoms with Crippen LogP contribution >= 0.6 is 11.6 Å². The molecule has 2 heterocycles. The third-order valence-electron chi connectivity index (χ3n) is 3.26. The number of likely N-dealkylation sites (tertiary alicyclic amines) is 1. The quantitative estimate of drug-likeness (QED) is 0.798. The molecular weight excluding hydrogens is 262 g/mol. The van der Waals surface area contributed by atoms with Crippen LogP contribution in [0.3, 0.4) is 0 Å². The van der Waals surface area contributed by atoms with Gasteiger partial charge in [-0.2, -0.15) is 5.26 Å². The summed E-state index contributed by atoms with van der Waals surface area (Å²) in [6, 6.07) is 5.23. The van der Waals surface area contributed by atoms with Crippen LogP contribution in [-0.2, 0) is 6.42 Å². The van der Waals surface area contributed by atoms with Crippen molar-refractivity contribution in [3.63, 3.8) is 0 Å². The molecule has 1 aliphatic rings. The van der Waals surface area contributed by atoms with E-state index in [9.17, 15) is 4.79 Å². The molecule has 0 aliphatic carbocycles. The second-order valence-corrected chi connectivity index (χ2v) is 5.09. The standard InChI is InChI=1S/C14H16ClN3O/c1-2-4-11-7-10(8-13(15)17-11)14(19)18-6-3-5-12(18)9-16/h7-8,12H,2-6H2,1H3. The highest BCUT2D eigenvalue weighted by Crippen LogP contribution is 2.21. The Morgan fingerprint density at radius 3 is 3.11 bits per heavy atom. The zero-order valence-electron chi connectivity index (χ0n) is 10.9. The van der Waals surface area contributed by atoms with Crippen molar-refractivity contribution in [1.29, 1.82) is 5.26 Å². The molecule has 1 fully saturated rings. The number of hydrogen-bond acceptors (Lipinski definition) is 3. The second kappa shape index (κ2) is 6.03. The molecule has 100 valence electrons. The van der Waals surface area contributed by atoms with Gasteiger partial charge in [0.1, 0.15) is 11.2 Å². The number of amides is 1. The molecule has 4 nitrogen and oxygen atoms in total. The fraction of sp³-hybridized carbons (Fsp3) is 0.500. The summed E-state index contributed by atoms with van der Waals surface area (Å²) < 4.78 is 0. The maximum atomic E-state index is 12.4.